The summed E-state index contributed by atoms with van der Waals surface area (Å²) in [6, 6.07) is 4.53. The predicted octanol–water partition coefficient (Wildman–Crippen LogP) is 3.24. The normalized spacial score (nSPS) is 13.0. The highest BCUT2D eigenvalue weighted by molar-refractivity contribution is 7.99. The number of hydrogen-bond acceptors (Lipinski definition) is 3. The van der Waals surface area contributed by atoms with E-state index in [0.29, 0.717) is 17.4 Å². The molecule has 1 atom stereocenters. The monoisotopic (exact) mass is 290 g/mol. The van der Waals surface area contributed by atoms with Crippen molar-refractivity contribution in [3.63, 3.8) is 0 Å². The van der Waals surface area contributed by atoms with E-state index in [2.05, 4.69) is 19.3 Å². The lowest BCUT2D eigenvalue weighted by Crippen LogP contribution is -2.39. The molecule has 0 aromatic heterocycles. The lowest BCUT2D eigenvalue weighted by Gasteiger charge is -2.17. The maximum absolute atomic E-state index is 13.1. The highest BCUT2D eigenvalue weighted by atomic mass is 35.5. The van der Waals surface area contributed by atoms with Gasteiger partial charge in [0.1, 0.15) is 5.82 Å². The number of rotatable bonds is 7. The van der Waals surface area contributed by atoms with Gasteiger partial charge in [0.2, 0.25) is 0 Å². The van der Waals surface area contributed by atoms with E-state index in [1.54, 1.807) is 6.07 Å². The van der Waals surface area contributed by atoms with Crippen LogP contribution in [-0.2, 0) is 6.42 Å². The Morgan fingerprint density at radius 3 is 2.72 bits per heavy atom. The number of benzene rings is 1. The molecule has 2 nitrogen and oxygen atoms in total. The van der Waals surface area contributed by atoms with Gasteiger partial charge in [-0.1, -0.05) is 25.4 Å². The number of hydrogen-bond donors (Lipinski definition) is 2. The van der Waals surface area contributed by atoms with Crippen LogP contribution in [0.1, 0.15) is 19.4 Å². The van der Waals surface area contributed by atoms with Gasteiger partial charge in [-0.05, 0) is 41.9 Å². The van der Waals surface area contributed by atoms with E-state index in [0.717, 1.165) is 17.1 Å². The van der Waals surface area contributed by atoms with Crippen molar-refractivity contribution in [3.8, 4) is 0 Å². The largest absolute Gasteiger partial charge is 0.271 e. The molecule has 1 unspecified atom stereocenters. The molecule has 3 N–H and O–H groups in total. The Morgan fingerprint density at radius 2 is 2.11 bits per heavy atom. The molecule has 1 aromatic rings. The van der Waals surface area contributed by atoms with E-state index < -0.39 is 0 Å². The first kappa shape index (κ1) is 15.8. The first-order chi connectivity index (χ1) is 8.52. The Morgan fingerprint density at radius 1 is 1.39 bits per heavy atom. The second-order valence-corrected chi connectivity index (χ2v) is 6.22. The average Bonchev–Trinajstić information content (AvgIpc) is 2.32. The zero-order valence-corrected chi connectivity index (χ0v) is 12.3. The van der Waals surface area contributed by atoms with E-state index in [1.165, 1.54) is 12.1 Å². The van der Waals surface area contributed by atoms with E-state index in [-0.39, 0.29) is 11.9 Å². The first-order valence-electron chi connectivity index (χ1n) is 6.00. The molecule has 0 aliphatic rings. The quantitative estimate of drug-likeness (QED) is 0.598. The van der Waals surface area contributed by atoms with Gasteiger partial charge in [0.15, 0.2) is 0 Å². The molecule has 5 heteroatoms. The van der Waals surface area contributed by atoms with Crippen molar-refractivity contribution in [2.75, 3.05) is 11.5 Å². The van der Waals surface area contributed by atoms with Crippen molar-refractivity contribution in [2.24, 2.45) is 11.8 Å². The molecule has 0 heterocycles. The minimum absolute atomic E-state index is 0.105. The zero-order chi connectivity index (χ0) is 13.5. The molecule has 0 saturated carbocycles. The SMILES string of the molecule is CC(C)CSCC(Cc1cc(F)ccc1Cl)NN. The number of nitrogens with one attached hydrogen (secondary N) is 1. The minimum atomic E-state index is -0.264. The van der Waals surface area contributed by atoms with Gasteiger partial charge < -0.3 is 0 Å². The van der Waals surface area contributed by atoms with Crippen LogP contribution in [0.15, 0.2) is 18.2 Å². The fraction of sp³-hybridized carbons (Fsp3) is 0.538. The Bertz CT molecular complexity index is 374. The molecule has 18 heavy (non-hydrogen) atoms. The Balaban J connectivity index is 2.54. The summed E-state index contributed by atoms with van der Waals surface area (Å²) in [5, 5.41) is 0.588. The molecule has 0 saturated heterocycles. The minimum Gasteiger partial charge on any atom is -0.271 e. The molecule has 1 aromatic carbocycles. The van der Waals surface area contributed by atoms with Gasteiger partial charge in [-0.3, -0.25) is 11.3 Å². The Kier molecular flexibility index (Phi) is 7.00. The molecule has 0 aliphatic carbocycles. The summed E-state index contributed by atoms with van der Waals surface area (Å²) in [5.41, 5.74) is 3.57. The predicted molar refractivity (Wildman–Crippen MR) is 78.4 cm³/mol. The average molecular weight is 291 g/mol. The summed E-state index contributed by atoms with van der Waals surface area (Å²) in [5.74, 6) is 7.90. The van der Waals surface area contributed by atoms with Crippen LogP contribution < -0.4 is 11.3 Å². The lowest BCUT2D eigenvalue weighted by molar-refractivity contribution is 0.570. The van der Waals surface area contributed by atoms with Crippen molar-refractivity contribution in [2.45, 2.75) is 26.3 Å². The Hall–Kier alpha value is -0.290. The number of thioether (sulfide) groups is 1. The van der Waals surface area contributed by atoms with Crippen molar-refractivity contribution in [1.29, 1.82) is 0 Å². The second kappa shape index (κ2) is 8.00. The van der Waals surface area contributed by atoms with Crippen LogP contribution in [-0.4, -0.2) is 17.5 Å². The summed E-state index contributed by atoms with van der Waals surface area (Å²) in [7, 11) is 0. The highest BCUT2D eigenvalue weighted by Crippen LogP contribution is 2.20. The molecule has 0 radical (unpaired) electrons. The maximum Gasteiger partial charge on any atom is 0.123 e. The Labute approximate surface area is 117 Å². The highest BCUT2D eigenvalue weighted by Gasteiger charge is 2.11. The molecule has 0 fully saturated rings. The van der Waals surface area contributed by atoms with Gasteiger partial charge in [0, 0.05) is 16.8 Å². The topological polar surface area (TPSA) is 38.0 Å². The molecule has 0 spiro atoms. The third-order valence-electron chi connectivity index (χ3n) is 2.48. The van der Waals surface area contributed by atoms with Crippen LogP contribution in [0.4, 0.5) is 4.39 Å². The van der Waals surface area contributed by atoms with E-state index >= 15 is 0 Å². The summed E-state index contributed by atoms with van der Waals surface area (Å²) >= 11 is 7.88. The van der Waals surface area contributed by atoms with Crippen molar-refractivity contribution >= 4 is 23.4 Å². The van der Waals surface area contributed by atoms with Gasteiger partial charge in [0.25, 0.3) is 0 Å². The summed E-state index contributed by atoms with van der Waals surface area (Å²) in [6.45, 7) is 4.36. The molecular weight excluding hydrogens is 271 g/mol. The molecule has 0 bridgehead atoms. The molecule has 102 valence electrons. The smallest absolute Gasteiger partial charge is 0.123 e. The van der Waals surface area contributed by atoms with Crippen LogP contribution >= 0.6 is 23.4 Å². The van der Waals surface area contributed by atoms with E-state index in [4.69, 9.17) is 17.4 Å². The summed E-state index contributed by atoms with van der Waals surface area (Å²) in [4.78, 5) is 0. The van der Waals surface area contributed by atoms with E-state index in [9.17, 15) is 4.39 Å². The molecule has 1 rings (SSSR count). The van der Waals surface area contributed by atoms with Crippen LogP contribution in [0.25, 0.3) is 0 Å². The fourth-order valence-corrected chi connectivity index (χ4v) is 2.88. The maximum atomic E-state index is 13.1. The van der Waals surface area contributed by atoms with Gasteiger partial charge in [0.05, 0.1) is 0 Å². The third kappa shape index (κ3) is 5.57. The second-order valence-electron chi connectivity index (χ2n) is 4.73. The summed E-state index contributed by atoms with van der Waals surface area (Å²) in [6.07, 6.45) is 0.637. The molecular formula is C13H20ClFN2S. The summed E-state index contributed by atoms with van der Waals surface area (Å²) < 4.78 is 13.1. The molecule has 0 amide bonds. The first-order valence-corrected chi connectivity index (χ1v) is 7.54. The van der Waals surface area contributed by atoms with Gasteiger partial charge in [-0.15, -0.1) is 0 Å². The fourth-order valence-electron chi connectivity index (χ4n) is 1.58. The number of halogens is 2. The van der Waals surface area contributed by atoms with E-state index in [1.807, 2.05) is 11.8 Å². The number of hydrazine groups is 1. The van der Waals surface area contributed by atoms with Gasteiger partial charge in [-0.2, -0.15) is 11.8 Å². The van der Waals surface area contributed by atoms with Crippen LogP contribution in [0.5, 0.6) is 0 Å². The zero-order valence-electron chi connectivity index (χ0n) is 10.7. The number of nitrogens with two attached hydrogens (primary N) is 1. The van der Waals surface area contributed by atoms with Gasteiger partial charge >= 0.3 is 0 Å². The van der Waals surface area contributed by atoms with Crippen LogP contribution in [0, 0.1) is 11.7 Å². The standard InChI is InChI=1S/C13H20ClFN2S/c1-9(2)7-18-8-12(17-16)6-10-5-11(15)3-4-13(10)14/h3-5,9,12,17H,6-8,16H2,1-2H3. The third-order valence-corrected chi connectivity index (χ3v) is 4.39. The van der Waals surface area contributed by atoms with Crippen molar-refractivity contribution in [1.82, 2.24) is 5.43 Å². The molecule has 0 aliphatic heterocycles. The van der Waals surface area contributed by atoms with Gasteiger partial charge in [-0.25, -0.2) is 4.39 Å². The lowest BCUT2D eigenvalue weighted by atomic mass is 10.1. The van der Waals surface area contributed by atoms with Crippen molar-refractivity contribution < 1.29 is 4.39 Å². The van der Waals surface area contributed by atoms with Crippen LogP contribution in [0.2, 0.25) is 5.02 Å². The van der Waals surface area contributed by atoms with Crippen molar-refractivity contribution in [3.05, 3.63) is 34.6 Å². The van der Waals surface area contributed by atoms with Crippen LogP contribution in [0.3, 0.4) is 0 Å².